The van der Waals surface area contributed by atoms with Crippen molar-refractivity contribution >= 4 is 0 Å². The van der Waals surface area contributed by atoms with Crippen molar-refractivity contribution < 1.29 is 9.15 Å². The van der Waals surface area contributed by atoms with Crippen LogP contribution in [0.5, 0.6) is 0 Å². The molecule has 0 aliphatic carbocycles. The van der Waals surface area contributed by atoms with Gasteiger partial charge in [0.15, 0.2) is 0 Å². The molecule has 0 atom stereocenters. The zero-order chi connectivity index (χ0) is 11.6. The van der Waals surface area contributed by atoms with E-state index in [0.717, 1.165) is 37.8 Å². The SMILES string of the molecule is CC1(C)COCCN1Cc1ccc(CN)o1. The van der Waals surface area contributed by atoms with E-state index in [1.807, 2.05) is 12.1 Å². The van der Waals surface area contributed by atoms with E-state index in [0.29, 0.717) is 6.54 Å². The summed E-state index contributed by atoms with van der Waals surface area (Å²) in [4.78, 5) is 2.38. The molecule has 0 amide bonds. The first-order valence-corrected chi connectivity index (χ1v) is 5.72. The van der Waals surface area contributed by atoms with Gasteiger partial charge in [-0.05, 0) is 26.0 Å². The Hall–Kier alpha value is -0.840. The highest BCUT2D eigenvalue weighted by Gasteiger charge is 2.30. The van der Waals surface area contributed by atoms with Crippen LogP contribution in [0.4, 0.5) is 0 Å². The second-order valence-electron chi connectivity index (χ2n) is 4.86. The topological polar surface area (TPSA) is 51.6 Å². The van der Waals surface area contributed by atoms with Gasteiger partial charge in [-0.15, -0.1) is 0 Å². The summed E-state index contributed by atoms with van der Waals surface area (Å²) in [5, 5.41) is 0. The Kier molecular flexibility index (Phi) is 3.33. The van der Waals surface area contributed by atoms with Crippen molar-refractivity contribution in [3.05, 3.63) is 23.7 Å². The summed E-state index contributed by atoms with van der Waals surface area (Å²) in [5.41, 5.74) is 5.60. The van der Waals surface area contributed by atoms with Crippen molar-refractivity contribution in [2.45, 2.75) is 32.5 Å². The van der Waals surface area contributed by atoms with E-state index in [-0.39, 0.29) is 5.54 Å². The van der Waals surface area contributed by atoms with Gasteiger partial charge in [0, 0.05) is 12.1 Å². The lowest BCUT2D eigenvalue weighted by Crippen LogP contribution is -2.52. The lowest BCUT2D eigenvalue weighted by molar-refractivity contribution is -0.0578. The maximum atomic E-state index is 5.62. The highest BCUT2D eigenvalue weighted by atomic mass is 16.5. The molecule has 16 heavy (non-hydrogen) atoms. The van der Waals surface area contributed by atoms with Crippen LogP contribution in [0, 0.1) is 0 Å². The lowest BCUT2D eigenvalue weighted by atomic mass is 10.0. The predicted molar refractivity (Wildman–Crippen MR) is 61.9 cm³/mol. The van der Waals surface area contributed by atoms with E-state index < -0.39 is 0 Å². The number of furan rings is 1. The van der Waals surface area contributed by atoms with Crippen LogP contribution < -0.4 is 5.73 Å². The molecule has 0 aromatic carbocycles. The quantitative estimate of drug-likeness (QED) is 0.842. The fraction of sp³-hybridized carbons (Fsp3) is 0.667. The van der Waals surface area contributed by atoms with Gasteiger partial charge in [-0.3, -0.25) is 4.90 Å². The first kappa shape index (κ1) is 11.6. The van der Waals surface area contributed by atoms with E-state index in [9.17, 15) is 0 Å². The molecule has 4 heteroatoms. The van der Waals surface area contributed by atoms with Crippen LogP contribution >= 0.6 is 0 Å². The number of nitrogens with zero attached hydrogens (tertiary/aromatic N) is 1. The van der Waals surface area contributed by atoms with E-state index in [4.69, 9.17) is 14.9 Å². The van der Waals surface area contributed by atoms with Crippen molar-refractivity contribution in [1.29, 1.82) is 0 Å². The molecule has 1 aromatic heterocycles. The maximum absolute atomic E-state index is 5.62. The monoisotopic (exact) mass is 224 g/mol. The molecule has 1 fully saturated rings. The standard InChI is InChI=1S/C12H20N2O2/c1-12(2)9-15-6-5-14(12)8-11-4-3-10(7-13)16-11/h3-4H,5-9,13H2,1-2H3. The Balaban J connectivity index is 2.02. The Labute approximate surface area is 96.4 Å². The largest absolute Gasteiger partial charge is 0.463 e. The highest BCUT2D eigenvalue weighted by molar-refractivity contribution is 5.07. The van der Waals surface area contributed by atoms with E-state index in [1.165, 1.54) is 0 Å². The van der Waals surface area contributed by atoms with Gasteiger partial charge < -0.3 is 14.9 Å². The molecule has 1 saturated heterocycles. The zero-order valence-electron chi connectivity index (χ0n) is 10.0. The molecule has 4 nitrogen and oxygen atoms in total. The average molecular weight is 224 g/mol. The van der Waals surface area contributed by atoms with Crippen molar-refractivity contribution in [2.24, 2.45) is 5.73 Å². The van der Waals surface area contributed by atoms with Crippen LogP contribution in [0.15, 0.2) is 16.5 Å². The van der Waals surface area contributed by atoms with E-state index >= 15 is 0 Å². The summed E-state index contributed by atoms with van der Waals surface area (Å²) < 4.78 is 11.1. The minimum absolute atomic E-state index is 0.0773. The molecule has 90 valence electrons. The first-order valence-electron chi connectivity index (χ1n) is 5.72. The molecule has 0 bridgehead atoms. The maximum Gasteiger partial charge on any atom is 0.118 e. The second-order valence-corrected chi connectivity index (χ2v) is 4.86. The number of rotatable bonds is 3. The van der Waals surface area contributed by atoms with Crippen LogP contribution in [-0.2, 0) is 17.8 Å². The summed E-state index contributed by atoms with van der Waals surface area (Å²) >= 11 is 0. The normalized spacial score (nSPS) is 21.2. The lowest BCUT2D eigenvalue weighted by Gasteiger charge is -2.41. The third-order valence-electron chi connectivity index (χ3n) is 3.08. The predicted octanol–water partition coefficient (Wildman–Crippen LogP) is 1.35. The second kappa shape index (κ2) is 4.57. The van der Waals surface area contributed by atoms with Crippen LogP contribution in [0.2, 0.25) is 0 Å². The van der Waals surface area contributed by atoms with Crippen LogP contribution in [0.25, 0.3) is 0 Å². The zero-order valence-corrected chi connectivity index (χ0v) is 10.0. The van der Waals surface area contributed by atoms with Crippen LogP contribution in [-0.4, -0.2) is 30.2 Å². The number of hydrogen-bond acceptors (Lipinski definition) is 4. The minimum Gasteiger partial charge on any atom is -0.463 e. The van der Waals surface area contributed by atoms with Gasteiger partial charge in [-0.2, -0.15) is 0 Å². The summed E-state index contributed by atoms with van der Waals surface area (Å²) in [6.45, 7) is 8.21. The molecular weight excluding hydrogens is 204 g/mol. The third-order valence-corrected chi connectivity index (χ3v) is 3.08. The average Bonchev–Trinajstić information content (AvgIpc) is 2.69. The highest BCUT2D eigenvalue weighted by Crippen LogP contribution is 2.22. The molecule has 2 N–H and O–H groups in total. The van der Waals surface area contributed by atoms with Crippen molar-refractivity contribution in [3.63, 3.8) is 0 Å². The fourth-order valence-corrected chi connectivity index (χ4v) is 1.99. The third kappa shape index (κ3) is 2.45. The van der Waals surface area contributed by atoms with Crippen LogP contribution in [0.1, 0.15) is 25.4 Å². The molecule has 0 radical (unpaired) electrons. The number of nitrogens with two attached hydrogens (primary N) is 1. The molecule has 1 aliphatic heterocycles. The summed E-state index contributed by atoms with van der Waals surface area (Å²) in [6, 6.07) is 3.95. The number of ether oxygens (including phenoxy) is 1. The van der Waals surface area contributed by atoms with Crippen molar-refractivity contribution in [2.75, 3.05) is 19.8 Å². The van der Waals surface area contributed by atoms with E-state index in [1.54, 1.807) is 0 Å². The Morgan fingerprint density at radius 2 is 2.12 bits per heavy atom. The summed E-state index contributed by atoms with van der Waals surface area (Å²) in [7, 11) is 0. The van der Waals surface area contributed by atoms with Crippen LogP contribution in [0.3, 0.4) is 0 Å². The van der Waals surface area contributed by atoms with Gasteiger partial charge in [0.25, 0.3) is 0 Å². The molecule has 0 spiro atoms. The minimum atomic E-state index is 0.0773. The molecule has 2 heterocycles. The smallest absolute Gasteiger partial charge is 0.118 e. The van der Waals surface area contributed by atoms with Crippen molar-refractivity contribution in [3.8, 4) is 0 Å². The van der Waals surface area contributed by atoms with E-state index in [2.05, 4.69) is 18.7 Å². The number of morpholine rings is 1. The Morgan fingerprint density at radius 3 is 2.75 bits per heavy atom. The van der Waals surface area contributed by atoms with Gasteiger partial charge >= 0.3 is 0 Å². The molecule has 0 unspecified atom stereocenters. The summed E-state index contributed by atoms with van der Waals surface area (Å²) in [6.07, 6.45) is 0. The van der Waals surface area contributed by atoms with Gasteiger partial charge in [0.1, 0.15) is 11.5 Å². The Bertz CT molecular complexity index is 347. The molecule has 0 saturated carbocycles. The van der Waals surface area contributed by atoms with Gasteiger partial charge in [0.05, 0.1) is 26.3 Å². The molecule has 1 aliphatic rings. The first-order chi connectivity index (χ1) is 7.62. The molecular formula is C12H20N2O2. The molecule has 1 aromatic rings. The van der Waals surface area contributed by atoms with Gasteiger partial charge in [-0.1, -0.05) is 0 Å². The van der Waals surface area contributed by atoms with Gasteiger partial charge in [0.2, 0.25) is 0 Å². The van der Waals surface area contributed by atoms with Gasteiger partial charge in [-0.25, -0.2) is 0 Å². The fourth-order valence-electron chi connectivity index (χ4n) is 1.99. The Morgan fingerprint density at radius 1 is 1.38 bits per heavy atom. The summed E-state index contributed by atoms with van der Waals surface area (Å²) in [5.74, 6) is 1.83. The van der Waals surface area contributed by atoms with Crippen molar-refractivity contribution in [1.82, 2.24) is 4.90 Å². The number of hydrogen-bond donors (Lipinski definition) is 1. The molecule has 2 rings (SSSR count).